The Morgan fingerprint density at radius 3 is 3.00 bits per heavy atom. The van der Waals surface area contributed by atoms with E-state index in [9.17, 15) is 14.7 Å². The van der Waals surface area contributed by atoms with Crippen molar-refractivity contribution in [1.82, 2.24) is 14.7 Å². The van der Waals surface area contributed by atoms with E-state index < -0.39 is 6.10 Å². The lowest BCUT2D eigenvalue weighted by atomic mass is 9.79. The third kappa shape index (κ3) is 2.71. The minimum Gasteiger partial charge on any atom is -0.393 e. The van der Waals surface area contributed by atoms with E-state index in [0.717, 1.165) is 18.2 Å². The lowest BCUT2D eigenvalue weighted by Gasteiger charge is -2.42. The van der Waals surface area contributed by atoms with E-state index in [-0.39, 0.29) is 29.7 Å². The van der Waals surface area contributed by atoms with Crippen molar-refractivity contribution in [2.45, 2.75) is 50.0 Å². The van der Waals surface area contributed by atoms with Gasteiger partial charge in [0.2, 0.25) is 5.91 Å². The number of methoxy groups -OCH3 is 1. The molecule has 1 aliphatic carbocycles. The normalized spacial score (nSPS) is 28.3. The zero-order chi connectivity index (χ0) is 18.3. The molecule has 1 N–H and O–H groups in total. The second-order valence-electron chi connectivity index (χ2n) is 7.24. The maximum atomic E-state index is 12.9. The number of ether oxygens (including phenoxy) is 1. The van der Waals surface area contributed by atoms with Crippen LogP contribution in [-0.2, 0) is 16.1 Å². The van der Waals surface area contributed by atoms with Gasteiger partial charge in [-0.05, 0) is 31.7 Å². The molecule has 2 aliphatic rings. The zero-order valence-electron chi connectivity index (χ0n) is 14.8. The number of fused-ring (bicyclic) bond motifs is 2. The molecule has 0 spiro atoms. The van der Waals surface area contributed by atoms with Gasteiger partial charge in [-0.1, -0.05) is 18.2 Å². The lowest BCUT2D eigenvalue weighted by molar-refractivity contribution is -0.140. The van der Waals surface area contributed by atoms with E-state index in [0.29, 0.717) is 24.8 Å². The van der Waals surface area contributed by atoms with Crippen molar-refractivity contribution in [3.63, 3.8) is 0 Å². The highest BCUT2D eigenvalue weighted by atomic mass is 16.5. The molecule has 26 heavy (non-hydrogen) atoms. The molecule has 3 atom stereocenters. The van der Waals surface area contributed by atoms with Gasteiger partial charge in [-0.15, -0.1) is 0 Å². The molecular weight excluding hydrogens is 334 g/mol. The largest absolute Gasteiger partial charge is 0.393 e. The van der Waals surface area contributed by atoms with E-state index in [1.165, 1.54) is 4.68 Å². The molecule has 1 amide bonds. The van der Waals surface area contributed by atoms with Crippen molar-refractivity contribution >= 4 is 16.7 Å². The van der Waals surface area contributed by atoms with Crippen LogP contribution in [0.25, 0.3) is 10.8 Å². The standard InChI is InChI=1S/C19H23N3O4/c1-26-19-7-6-14(23)10-16(19)21(9-8-19)17(24)12-22-18(25)15-5-3-2-4-13(15)11-20-22/h2-5,11,14,16,23H,6-10,12H2,1H3/t14-,16+,19-/m1/s1. The van der Waals surface area contributed by atoms with Crippen molar-refractivity contribution in [2.24, 2.45) is 0 Å². The number of likely N-dealkylation sites (tertiary alicyclic amines) is 1. The van der Waals surface area contributed by atoms with Gasteiger partial charge in [0, 0.05) is 19.0 Å². The van der Waals surface area contributed by atoms with Crippen molar-refractivity contribution < 1.29 is 14.6 Å². The number of rotatable bonds is 3. The van der Waals surface area contributed by atoms with Crippen molar-refractivity contribution in [3.05, 3.63) is 40.8 Å². The third-order valence-electron chi connectivity index (χ3n) is 5.93. The van der Waals surface area contributed by atoms with Crippen LogP contribution in [0.15, 0.2) is 35.3 Å². The Balaban J connectivity index is 1.59. The predicted molar refractivity (Wildman–Crippen MR) is 95.7 cm³/mol. The summed E-state index contributed by atoms with van der Waals surface area (Å²) in [7, 11) is 1.67. The number of hydrogen-bond acceptors (Lipinski definition) is 5. The van der Waals surface area contributed by atoms with Gasteiger partial charge in [-0.3, -0.25) is 9.59 Å². The Hall–Kier alpha value is -2.25. The quantitative estimate of drug-likeness (QED) is 0.883. The minimum absolute atomic E-state index is 0.101. The van der Waals surface area contributed by atoms with E-state index in [1.54, 1.807) is 30.3 Å². The molecule has 138 valence electrons. The minimum atomic E-state index is -0.418. The highest BCUT2D eigenvalue weighted by Crippen LogP contribution is 2.42. The van der Waals surface area contributed by atoms with Crippen LogP contribution in [0.5, 0.6) is 0 Å². The third-order valence-corrected chi connectivity index (χ3v) is 5.93. The molecule has 7 nitrogen and oxygen atoms in total. The molecule has 0 unspecified atom stereocenters. The summed E-state index contributed by atoms with van der Waals surface area (Å²) in [5.74, 6) is -0.159. The molecule has 2 aromatic rings. The van der Waals surface area contributed by atoms with E-state index in [2.05, 4.69) is 5.10 Å². The summed E-state index contributed by atoms with van der Waals surface area (Å²) in [5.41, 5.74) is -0.645. The number of aliphatic hydroxyl groups is 1. The van der Waals surface area contributed by atoms with Crippen LogP contribution < -0.4 is 5.56 Å². The van der Waals surface area contributed by atoms with Gasteiger partial charge < -0.3 is 14.7 Å². The number of carbonyl (C=O) groups is 1. The molecule has 2 heterocycles. The van der Waals surface area contributed by atoms with Crippen molar-refractivity contribution in [2.75, 3.05) is 13.7 Å². The first kappa shape index (κ1) is 17.2. The SMILES string of the molecule is CO[C@@]12CC[C@@H](O)C[C@@H]1N(C(=O)Cn1ncc3ccccc3c1=O)CC2. The summed E-state index contributed by atoms with van der Waals surface area (Å²) in [4.78, 5) is 27.3. The summed E-state index contributed by atoms with van der Waals surface area (Å²) in [5, 5.41) is 15.5. The molecular formula is C19H23N3O4. The van der Waals surface area contributed by atoms with Gasteiger partial charge in [-0.2, -0.15) is 5.10 Å². The van der Waals surface area contributed by atoms with Gasteiger partial charge in [0.15, 0.2) is 0 Å². The molecule has 1 aromatic carbocycles. The van der Waals surface area contributed by atoms with Gasteiger partial charge in [0.05, 0.1) is 29.3 Å². The summed E-state index contributed by atoms with van der Waals surface area (Å²) in [6.45, 7) is 0.475. The number of aliphatic hydroxyl groups excluding tert-OH is 1. The fraction of sp³-hybridized carbons (Fsp3) is 0.526. The Kier molecular flexibility index (Phi) is 4.28. The summed E-state index contributed by atoms with van der Waals surface area (Å²) in [6.07, 6.45) is 3.90. The van der Waals surface area contributed by atoms with Crippen molar-refractivity contribution in [1.29, 1.82) is 0 Å². The van der Waals surface area contributed by atoms with E-state index in [1.807, 2.05) is 12.1 Å². The Labute approximate surface area is 151 Å². The second-order valence-corrected chi connectivity index (χ2v) is 7.24. The molecule has 7 heteroatoms. The van der Waals surface area contributed by atoms with Crippen LogP contribution in [0.1, 0.15) is 25.7 Å². The smallest absolute Gasteiger partial charge is 0.275 e. The monoisotopic (exact) mass is 357 g/mol. The molecule has 1 saturated heterocycles. The molecule has 4 rings (SSSR count). The Morgan fingerprint density at radius 1 is 1.38 bits per heavy atom. The summed E-state index contributed by atoms with van der Waals surface area (Å²) >= 11 is 0. The number of carbonyl (C=O) groups excluding carboxylic acids is 1. The number of amides is 1. The van der Waals surface area contributed by atoms with Crippen LogP contribution in [0.3, 0.4) is 0 Å². The highest BCUT2D eigenvalue weighted by Gasteiger charge is 2.52. The molecule has 1 aromatic heterocycles. The average Bonchev–Trinajstić information content (AvgIpc) is 3.03. The maximum absolute atomic E-state index is 12.9. The van der Waals surface area contributed by atoms with Crippen LogP contribution in [0.2, 0.25) is 0 Å². The fourth-order valence-corrected chi connectivity index (χ4v) is 4.43. The van der Waals surface area contributed by atoms with Gasteiger partial charge in [0.1, 0.15) is 6.54 Å². The first-order valence-electron chi connectivity index (χ1n) is 9.01. The average molecular weight is 357 g/mol. The summed E-state index contributed by atoms with van der Waals surface area (Å²) < 4.78 is 6.99. The number of hydrogen-bond donors (Lipinski definition) is 1. The van der Waals surface area contributed by atoms with Gasteiger partial charge >= 0.3 is 0 Å². The van der Waals surface area contributed by atoms with Crippen molar-refractivity contribution in [3.8, 4) is 0 Å². The zero-order valence-corrected chi connectivity index (χ0v) is 14.8. The molecule has 0 bridgehead atoms. The maximum Gasteiger partial charge on any atom is 0.275 e. The number of aromatic nitrogens is 2. The van der Waals surface area contributed by atoms with Crippen LogP contribution in [0, 0.1) is 0 Å². The number of nitrogens with zero attached hydrogens (tertiary/aromatic N) is 3. The van der Waals surface area contributed by atoms with Gasteiger partial charge in [-0.25, -0.2) is 4.68 Å². The van der Waals surface area contributed by atoms with Crippen LogP contribution in [0.4, 0.5) is 0 Å². The first-order valence-corrected chi connectivity index (χ1v) is 9.01. The topological polar surface area (TPSA) is 84.7 Å². The summed E-state index contributed by atoms with van der Waals surface area (Å²) in [6, 6.07) is 7.06. The number of benzene rings is 1. The first-order chi connectivity index (χ1) is 12.5. The Bertz CT molecular complexity index is 896. The van der Waals surface area contributed by atoms with Crippen LogP contribution >= 0.6 is 0 Å². The predicted octanol–water partition coefficient (Wildman–Crippen LogP) is 0.927. The highest BCUT2D eigenvalue weighted by molar-refractivity contribution is 5.81. The van der Waals surface area contributed by atoms with Crippen LogP contribution in [-0.4, -0.2) is 57.1 Å². The molecule has 2 fully saturated rings. The van der Waals surface area contributed by atoms with E-state index in [4.69, 9.17) is 4.74 Å². The fourth-order valence-electron chi connectivity index (χ4n) is 4.43. The second kappa shape index (κ2) is 6.48. The molecule has 0 radical (unpaired) electrons. The lowest BCUT2D eigenvalue weighted by Crippen LogP contribution is -2.53. The Morgan fingerprint density at radius 2 is 2.19 bits per heavy atom. The van der Waals surface area contributed by atoms with Gasteiger partial charge in [0.25, 0.3) is 5.56 Å². The van der Waals surface area contributed by atoms with E-state index >= 15 is 0 Å². The molecule has 1 aliphatic heterocycles. The molecule has 1 saturated carbocycles.